The van der Waals surface area contributed by atoms with E-state index < -0.39 is 9.85 Å². The Bertz CT molecular complexity index is 1300. The predicted molar refractivity (Wildman–Crippen MR) is 139 cm³/mol. The van der Waals surface area contributed by atoms with Crippen molar-refractivity contribution in [3.8, 4) is 11.4 Å². The maximum atomic E-state index is 11.5. The lowest BCUT2D eigenvalue weighted by molar-refractivity contribution is -0.393. The lowest BCUT2D eigenvalue weighted by atomic mass is 9.84. The molecule has 2 heterocycles. The number of rotatable bonds is 8. The van der Waals surface area contributed by atoms with E-state index in [1.807, 2.05) is 0 Å². The summed E-state index contributed by atoms with van der Waals surface area (Å²) in [7, 11) is 1.75. The lowest BCUT2D eigenvalue weighted by Gasteiger charge is -2.30. The highest BCUT2D eigenvalue weighted by molar-refractivity contribution is 7.99. The van der Waals surface area contributed by atoms with Gasteiger partial charge in [-0.25, -0.2) is 0 Å². The average molecular weight is 511 g/mol. The molecule has 0 bridgehead atoms. The zero-order chi connectivity index (χ0) is 26.0. The fourth-order valence-corrected chi connectivity index (χ4v) is 5.20. The predicted octanol–water partition coefficient (Wildman–Crippen LogP) is 5.14. The number of benzene rings is 2. The van der Waals surface area contributed by atoms with E-state index in [0.717, 1.165) is 44.3 Å². The molecule has 0 unspecified atom stereocenters. The smallest absolute Gasteiger partial charge is 0.287 e. The number of nitro groups is 2. The molecular weight excluding hydrogens is 480 g/mol. The van der Waals surface area contributed by atoms with Crippen LogP contribution in [0, 0.1) is 20.2 Å². The van der Waals surface area contributed by atoms with Gasteiger partial charge in [-0.1, -0.05) is 50.7 Å². The van der Waals surface area contributed by atoms with Crippen molar-refractivity contribution in [3.05, 3.63) is 73.3 Å². The molecule has 0 saturated heterocycles. The standard InChI is InChI=1S/C25H30N6O4S/c1-25(2,3)19-7-6-18-16-29(12-10-17(18)14-19)11-5-13-36-24-27-26-23(28(24)4)21-9-8-20(30(32)33)15-22(21)31(34)35/h6-9,14-15H,5,10-13,16H2,1-4H3. The highest BCUT2D eigenvalue weighted by atomic mass is 32.2. The molecule has 1 aliphatic heterocycles. The second kappa shape index (κ2) is 10.4. The van der Waals surface area contributed by atoms with Gasteiger partial charge in [0.2, 0.25) is 0 Å². The van der Waals surface area contributed by atoms with Crippen LogP contribution in [0.1, 0.15) is 43.9 Å². The van der Waals surface area contributed by atoms with Crippen molar-refractivity contribution in [2.24, 2.45) is 7.05 Å². The third kappa shape index (κ3) is 5.57. The number of hydrogen-bond donors (Lipinski definition) is 0. The summed E-state index contributed by atoms with van der Waals surface area (Å²) >= 11 is 1.55. The maximum absolute atomic E-state index is 11.5. The van der Waals surface area contributed by atoms with Gasteiger partial charge in [0.05, 0.1) is 21.5 Å². The zero-order valence-electron chi connectivity index (χ0n) is 20.9. The molecule has 4 rings (SSSR count). The van der Waals surface area contributed by atoms with Gasteiger partial charge in [-0.05, 0) is 47.6 Å². The maximum Gasteiger partial charge on any atom is 0.287 e. The van der Waals surface area contributed by atoms with Crippen molar-refractivity contribution in [1.29, 1.82) is 0 Å². The first-order chi connectivity index (χ1) is 17.0. The van der Waals surface area contributed by atoms with Gasteiger partial charge < -0.3 is 4.57 Å². The molecular formula is C25H30N6O4S. The molecule has 3 aromatic rings. The number of hydrogen-bond acceptors (Lipinski definition) is 8. The molecule has 190 valence electrons. The topological polar surface area (TPSA) is 120 Å². The van der Waals surface area contributed by atoms with E-state index in [1.54, 1.807) is 23.4 Å². The molecule has 0 aliphatic carbocycles. The molecule has 0 atom stereocenters. The minimum absolute atomic E-state index is 0.159. The Balaban J connectivity index is 1.35. The fourth-order valence-electron chi connectivity index (χ4n) is 4.37. The van der Waals surface area contributed by atoms with Crippen molar-refractivity contribution in [1.82, 2.24) is 19.7 Å². The van der Waals surface area contributed by atoms with Crippen molar-refractivity contribution < 1.29 is 9.85 Å². The van der Waals surface area contributed by atoms with Crippen molar-refractivity contribution >= 4 is 23.1 Å². The molecule has 36 heavy (non-hydrogen) atoms. The minimum atomic E-state index is -0.654. The van der Waals surface area contributed by atoms with E-state index >= 15 is 0 Å². The Hall–Kier alpha value is -3.31. The van der Waals surface area contributed by atoms with Gasteiger partial charge in [0, 0.05) is 32.0 Å². The third-order valence-corrected chi connectivity index (χ3v) is 7.58. The Morgan fingerprint density at radius 3 is 2.50 bits per heavy atom. The summed E-state index contributed by atoms with van der Waals surface area (Å²) in [5, 5.41) is 31.5. The van der Waals surface area contributed by atoms with Crippen molar-refractivity contribution in [2.75, 3.05) is 18.8 Å². The third-order valence-electron chi connectivity index (χ3n) is 6.48. The first-order valence-electron chi connectivity index (χ1n) is 11.8. The quantitative estimate of drug-likeness (QED) is 0.177. The Labute approximate surface area is 214 Å². The van der Waals surface area contributed by atoms with Gasteiger partial charge in [0.15, 0.2) is 11.0 Å². The number of thioether (sulfide) groups is 1. The van der Waals surface area contributed by atoms with Gasteiger partial charge in [-0.3, -0.25) is 25.1 Å². The fraction of sp³-hybridized carbons (Fsp3) is 0.440. The average Bonchev–Trinajstić information content (AvgIpc) is 3.20. The van der Waals surface area contributed by atoms with Crippen LogP contribution < -0.4 is 0 Å². The highest BCUT2D eigenvalue weighted by Crippen LogP contribution is 2.33. The van der Waals surface area contributed by atoms with Crippen LogP contribution in [-0.4, -0.2) is 48.4 Å². The highest BCUT2D eigenvalue weighted by Gasteiger charge is 2.25. The molecule has 0 radical (unpaired) electrons. The van der Waals surface area contributed by atoms with E-state index in [-0.39, 0.29) is 22.4 Å². The van der Waals surface area contributed by atoms with Gasteiger partial charge in [0.1, 0.15) is 0 Å². The number of nitrogens with zero attached hydrogens (tertiary/aromatic N) is 6. The van der Waals surface area contributed by atoms with E-state index in [0.29, 0.717) is 11.0 Å². The molecule has 10 nitrogen and oxygen atoms in total. The summed E-state index contributed by atoms with van der Waals surface area (Å²) in [6, 6.07) is 10.4. The van der Waals surface area contributed by atoms with Crippen molar-refractivity contribution in [2.45, 2.75) is 50.7 Å². The first-order valence-corrected chi connectivity index (χ1v) is 12.8. The molecule has 0 N–H and O–H groups in total. The van der Waals surface area contributed by atoms with Crippen LogP contribution in [0.4, 0.5) is 11.4 Å². The molecule has 0 spiro atoms. The molecule has 1 aromatic heterocycles. The Kier molecular flexibility index (Phi) is 7.41. The molecule has 1 aliphatic rings. The molecule has 2 aromatic carbocycles. The summed E-state index contributed by atoms with van der Waals surface area (Å²) in [5.41, 5.74) is 3.91. The van der Waals surface area contributed by atoms with Crippen molar-refractivity contribution in [3.63, 3.8) is 0 Å². The van der Waals surface area contributed by atoms with Crippen LogP contribution in [0.3, 0.4) is 0 Å². The lowest BCUT2D eigenvalue weighted by Crippen LogP contribution is -2.32. The van der Waals surface area contributed by atoms with Crippen LogP contribution in [0.2, 0.25) is 0 Å². The van der Waals surface area contributed by atoms with Gasteiger partial charge in [-0.15, -0.1) is 10.2 Å². The number of aromatic nitrogens is 3. The van der Waals surface area contributed by atoms with Crippen LogP contribution in [0.5, 0.6) is 0 Å². The zero-order valence-corrected chi connectivity index (χ0v) is 21.7. The van der Waals surface area contributed by atoms with Crippen LogP contribution in [0.25, 0.3) is 11.4 Å². The Morgan fingerprint density at radius 2 is 1.81 bits per heavy atom. The first kappa shape index (κ1) is 25.8. The van der Waals surface area contributed by atoms with Crippen LogP contribution >= 0.6 is 11.8 Å². The van der Waals surface area contributed by atoms with E-state index in [4.69, 9.17) is 0 Å². The van der Waals surface area contributed by atoms with Gasteiger partial charge >= 0.3 is 0 Å². The number of non-ortho nitro benzene ring substituents is 1. The Morgan fingerprint density at radius 1 is 1.03 bits per heavy atom. The summed E-state index contributed by atoms with van der Waals surface area (Å²) in [6.45, 7) is 9.72. The SMILES string of the molecule is Cn1c(SCCCN2CCc3cc(C(C)(C)C)ccc3C2)nnc1-c1ccc([N+](=O)[O-])cc1[N+](=O)[O-]. The molecule has 0 amide bonds. The number of nitro benzene ring substituents is 2. The molecule has 0 saturated carbocycles. The van der Waals surface area contributed by atoms with Crippen LogP contribution in [0.15, 0.2) is 41.6 Å². The second-order valence-corrected chi connectivity index (χ2v) is 11.1. The van der Waals surface area contributed by atoms with Crippen LogP contribution in [-0.2, 0) is 25.4 Å². The number of fused-ring (bicyclic) bond motifs is 1. The summed E-state index contributed by atoms with van der Waals surface area (Å²) in [4.78, 5) is 23.7. The largest absolute Gasteiger partial charge is 0.305 e. The summed E-state index contributed by atoms with van der Waals surface area (Å²) in [6.07, 6.45) is 2.03. The van der Waals surface area contributed by atoms with Gasteiger partial charge in [-0.2, -0.15) is 0 Å². The van der Waals surface area contributed by atoms with E-state index in [9.17, 15) is 20.2 Å². The summed E-state index contributed by atoms with van der Waals surface area (Å²) < 4.78 is 1.70. The van der Waals surface area contributed by atoms with Gasteiger partial charge in [0.25, 0.3) is 11.4 Å². The minimum Gasteiger partial charge on any atom is -0.305 e. The monoisotopic (exact) mass is 510 g/mol. The van der Waals surface area contributed by atoms with E-state index in [1.165, 1.54) is 28.8 Å². The molecule has 11 heteroatoms. The second-order valence-electron chi connectivity index (χ2n) is 10.0. The normalized spacial score (nSPS) is 14.0. The van der Waals surface area contributed by atoms with E-state index in [2.05, 4.69) is 54.1 Å². The summed E-state index contributed by atoms with van der Waals surface area (Å²) in [5.74, 6) is 1.14. The molecule has 0 fully saturated rings.